The normalized spacial score (nSPS) is 15.5. The largest absolute Gasteiger partial charge is 0.481 e. The van der Waals surface area contributed by atoms with Crippen LogP contribution in [-0.2, 0) is 4.79 Å². The summed E-state index contributed by atoms with van der Waals surface area (Å²) in [6.45, 7) is 4.75. The Hall–Kier alpha value is -2.99. The quantitative estimate of drug-likeness (QED) is 0.665. The van der Waals surface area contributed by atoms with Crippen molar-refractivity contribution in [3.8, 4) is 17.0 Å². The number of rotatable bonds is 5. The van der Waals surface area contributed by atoms with Gasteiger partial charge in [-0.1, -0.05) is 41.9 Å². The maximum absolute atomic E-state index is 12.9. The van der Waals surface area contributed by atoms with E-state index in [4.69, 9.17) is 16.3 Å². The molecule has 3 aromatic rings. The lowest BCUT2D eigenvalue weighted by Crippen LogP contribution is -2.42. The van der Waals surface area contributed by atoms with E-state index in [-0.39, 0.29) is 5.91 Å². The van der Waals surface area contributed by atoms with E-state index in [0.29, 0.717) is 23.9 Å². The Morgan fingerprint density at radius 3 is 2.60 bits per heavy atom. The Bertz CT molecular complexity index is 974. The second-order valence-electron chi connectivity index (χ2n) is 7.39. The molecule has 4 rings (SSSR count). The van der Waals surface area contributed by atoms with Gasteiger partial charge in [0.1, 0.15) is 5.75 Å². The van der Waals surface area contributed by atoms with E-state index in [0.717, 1.165) is 36.6 Å². The number of aromatic nitrogens is 2. The average Bonchev–Trinajstić information content (AvgIpc) is 3.12. The number of hydrogen-bond acceptors (Lipinski definition) is 4. The zero-order chi connectivity index (χ0) is 20.9. The summed E-state index contributed by atoms with van der Waals surface area (Å²) in [5.74, 6) is 1.62. The van der Waals surface area contributed by atoms with E-state index in [1.807, 2.05) is 72.5 Å². The van der Waals surface area contributed by atoms with Gasteiger partial charge in [0.15, 0.2) is 11.9 Å². The molecule has 0 unspecified atom stereocenters. The second-order valence-corrected chi connectivity index (χ2v) is 7.82. The highest BCUT2D eigenvalue weighted by molar-refractivity contribution is 6.30. The number of H-pyrrole nitrogens is 1. The van der Waals surface area contributed by atoms with E-state index >= 15 is 0 Å². The van der Waals surface area contributed by atoms with Crippen molar-refractivity contribution in [1.82, 2.24) is 15.1 Å². The lowest BCUT2D eigenvalue weighted by atomic mass is 10.1. The number of carbonyl (C=O) groups excluding carboxylic acids is 1. The molecule has 1 fully saturated rings. The van der Waals surface area contributed by atoms with E-state index < -0.39 is 6.10 Å². The maximum Gasteiger partial charge on any atom is 0.263 e. The van der Waals surface area contributed by atoms with Gasteiger partial charge in [0.25, 0.3) is 5.91 Å². The molecule has 0 saturated carbocycles. The molecule has 0 radical (unpaired) electrons. The average molecular weight is 425 g/mol. The first-order chi connectivity index (χ1) is 14.6. The highest BCUT2D eigenvalue weighted by Gasteiger charge is 2.25. The van der Waals surface area contributed by atoms with Gasteiger partial charge in [-0.05, 0) is 43.2 Å². The third-order valence-corrected chi connectivity index (χ3v) is 5.51. The molecular formula is C23H25ClN4O2. The Morgan fingerprint density at radius 1 is 1.07 bits per heavy atom. The van der Waals surface area contributed by atoms with E-state index in [1.165, 1.54) is 0 Å². The van der Waals surface area contributed by atoms with Gasteiger partial charge in [-0.2, -0.15) is 5.10 Å². The molecule has 2 heterocycles. The number of amides is 1. The minimum absolute atomic E-state index is 0.0181. The SMILES string of the molecule is C[C@@H](Oc1ccccc1)C(=O)N1CCCN(c2cc(-c3ccc(Cl)cc3)[nH]n2)CC1. The Balaban J connectivity index is 1.37. The molecule has 0 bridgehead atoms. The predicted molar refractivity (Wildman–Crippen MR) is 119 cm³/mol. The molecule has 6 nitrogen and oxygen atoms in total. The third-order valence-electron chi connectivity index (χ3n) is 5.25. The van der Waals surface area contributed by atoms with Gasteiger partial charge in [0.05, 0.1) is 5.69 Å². The smallest absolute Gasteiger partial charge is 0.263 e. The topological polar surface area (TPSA) is 61.5 Å². The monoisotopic (exact) mass is 424 g/mol. The van der Waals surface area contributed by atoms with Crippen LogP contribution in [0.2, 0.25) is 5.02 Å². The Kier molecular flexibility index (Phi) is 6.23. The molecule has 1 aliphatic rings. The zero-order valence-electron chi connectivity index (χ0n) is 16.9. The number of halogens is 1. The van der Waals surface area contributed by atoms with Crippen LogP contribution in [0.25, 0.3) is 11.3 Å². The molecule has 156 valence electrons. The molecule has 7 heteroatoms. The molecule has 1 aliphatic heterocycles. The minimum atomic E-state index is -0.513. The van der Waals surface area contributed by atoms with Gasteiger partial charge in [-0.15, -0.1) is 0 Å². The summed E-state index contributed by atoms with van der Waals surface area (Å²) >= 11 is 5.98. The van der Waals surface area contributed by atoms with Gasteiger partial charge >= 0.3 is 0 Å². The molecule has 0 aliphatic carbocycles. The number of carbonyl (C=O) groups is 1. The summed E-state index contributed by atoms with van der Waals surface area (Å²) in [5, 5.41) is 8.29. The van der Waals surface area contributed by atoms with Crippen molar-refractivity contribution < 1.29 is 9.53 Å². The van der Waals surface area contributed by atoms with Crippen LogP contribution < -0.4 is 9.64 Å². The molecule has 1 atom stereocenters. The van der Waals surface area contributed by atoms with Crippen molar-refractivity contribution in [2.24, 2.45) is 0 Å². The highest BCUT2D eigenvalue weighted by atomic mass is 35.5. The van der Waals surface area contributed by atoms with Crippen molar-refractivity contribution in [3.63, 3.8) is 0 Å². The summed E-state index contributed by atoms with van der Waals surface area (Å²) in [6.07, 6.45) is 0.369. The van der Waals surface area contributed by atoms with Crippen LogP contribution in [0.1, 0.15) is 13.3 Å². The summed E-state index contributed by atoms with van der Waals surface area (Å²) < 4.78 is 5.81. The lowest BCUT2D eigenvalue weighted by molar-refractivity contribution is -0.137. The number of aromatic amines is 1. The fourth-order valence-corrected chi connectivity index (χ4v) is 3.75. The van der Waals surface area contributed by atoms with Crippen molar-refractivity contribution in [3.05, 3.63) is 65.7 Å². The second kappa shape index (κ2) is 9.22. The van der Waals surface area contributed by atoms with Crippen LogP contribution in [-0.4, -0.2) is 53.3 Å². The molecule has 1 amide bonds. The number of anilines is 1. The van der Waals surface area contributed by atoms with Gasteiger partial charge in [-0.3, -0.25) is 9.89 Å². The Morgan fingerprint density at radius 2 is 1.83 bits per heavy atom. The van der Waals surface area contributed by atoms with Crippen molar-refractivity contribution in [1.29, 1.82) is 0 Å². The van der Waals surface area contributed by atoms with Crippen LogP contribution in [0.15, 0.2) is 60.7 Å². The fourth-order valence-electron chi connectivity index (χ4n) is 3.63. The first-order valence-electron chi connectivity index (χ1n) is 10.2. The molecule has 2 aromatic carbocycles. The summed E-state index contributed by atoms with van der Waals surface area (Å²) in [5.41, 5.74) is 1.99. The van der Waals surface area contributed by atoms with Crippen molar-refractivity contribution >= 4 is 23.3 Å². The van der Waals surface area contributed by atoms with Gasteiger partial charge in [0.2, 0.25) is 0 Å². The van der Waals surface area contributed by atoms with Crippen LogP contribution in [0, 0.1) is 0 Å². The first-order valence-corrected chi connectivity index (χ1v) is 10.5. The maximum atomic E-state index is 12.9. The first kappa shape index (κ1) is 20.3. The number of nitrogens with one attached hydrogen (secondary N) is 1. The van der Waals surface area contributed by atoms with Gasteiger partial charge < -0.3 is 14.5 Å². The molecule has 0 spiro atoms. The highest BCUT2D eigenvalue weighted by Crippen LogP contribution is 2.24. The number of ether oxygens (including phenoxy) is 1. The van der Waals surface area contributed by atoms with E-state index in [1.54, 1.807) is 0 Å². The van der Waals surface area contributed by atoms with Crippen LogP contribution >= 0.6 is 11.6 Å². The van der Waals surface area contributed by atoms with E-state index in [9.17, 15) is 4.79 Å². The summed E-state index contributed by atoms with van der Waals surface area (Å²) in [6, 6.07) is 19.2. The predicted octanol–water partition coefficient (Wildman–Crippen LogP) is 4.24. The van der Waals surface area contributed by atoms with Crippen molar-refractivity contribution in [2.45, 2.75) is 19.4 Å². The number of hydrogen-bond donors (Lipinski definition) is 1. The van der Waals surface area contributed by atoms with Gasteiger partial charge in [-0.25, -0.2) is 0 Å². The van der Waals surface area contributed by atoms with Gasteiger partial charge in [0, 0.05) is 37.3 Å². The van der Waals surface area contributed by atoms with E-state index in [2.05, 4.69) is 15.1 Å². The molecule has 1 saturated heterocycles. The lowest BCUT2D eigenvalue weighted by Gasteiger charge is -2.25. The number of nitrogens with zero attached hydrogens (tertiary/aromatic N) is 3. The molecule has 1 N–H and O–H groups in total. The number of para-hydroxylation sites is 1. The van der Waals surface area contributed by atoms with Crippen LogP contribution in [0.3, 0.4) is 0 Å². The fraction of sp³-hybridized carbons (Fsp3) is 0.304. The minimum Gasteiger partial charge on any atom is -0.481 e. The third kappa shape index (κ3) is 4.76. The Labute approximate surface area is 181 Å². The van der Waals surface area contributed by atoms with Crippen LogP contribution in [0.5, 0.6) is 5.75 Å². The standard InChI is InChI=1S/C23H25ClN4O2/c1-17(30-20-6-3-2-4-7-20)23(29)28-13-5-12-27(14-15-28)22-16-21(25-26-22)18-8-10-19(24)11-9-18/h2-4,6-11,16-17H,5,12-15H2,1H3,(H,25,26)/t17-/m1/s1. The molecule has 1 aromatic heterocycles. The van der Waals surface area contributed by atoms with Crippen molar-refractivity contribution in [2.75, 3.05) is 31.1 Å². The molecular weight excluding hydrogens is 400 g/mol. The number of benzene rings is 2. The molecule has 30 heavy (non-hydrogen) atoms. The summed E-state index contributed by atoms with van der Waals surface area (Å²) in [4.78, 5) is 17.0. The summed E-state index contributed by atoms with van der Waals surface area (Å²) in [7, 11) is 0. The zero-order valence-corrected chi connectivity index (χ0v) is 17.7. The van der Waals surface area contributed by atoms with Crippen LogP contribution in [0.4, 0.5) is 5.82 Å².